The van der Waals surface area contributed by atoms with Crippen molar-refractivity contribution in [2.75, 3.05) is 45.8 Å². The minimum absolute atomic E-state index is 0.328. The molecule has 0 amide bonds. The number of rotatable bonds is 24. The second-order valence-electron chi connectivity index (χ2n) is 16.1. The van der Waals surface area contributed by atoms with Crippen LogP contribution in [0.3, 0.4) is 0 Å². The summed E-state index contributed by atoms with van der Waals surface area (Å²) in [5.74, 6) is -1.39. The largest absolute Gasteiger partial charge is 0.369 e. The molecule has 4 nitrogen and oxygen atoms in total. The van der Waals surface area contributed by atoms with Crippen molar-refractivity contribution in [2.24, 2.45) is 0 Å². The van der Waals surface area contributed by atoms with Gasteiger partial charge in [0.15, 0.2) is 0 Å². The van der Waals surface area contributed by atoms with Crippen LogP contribution in [-0.4, -0.2) is 26.2 Å². The normalized spacial score (nSPS) is 11.2. The first-order valence-electron chi connectivity index (χ1n) is 22.4. The molecule has 5 aromatic rings. The standard InChI is InChI=1S/C52H66F4N4/c1-7-11-15-31-57(32-16-12-8-2)51-29-27-45(37-49(51)55)60(46-28-30-52(50(56)38-46)58(33-17-13-9-3)34-18-14-10-4)42-25-23-41(24-26-42)59(43-21-19-39(5)47(53)35-43)44-22-20-40(6)48(54)36-44/h19-30,35-38H,7-18,31-34H2,1-6H3. The van der Waals surface area contributed by atoms with Gasteiger partial charge in [0.2, 0.25) is 0 Å². The Morgan fingerprint density at radius 3 is 0.867 bits per heavy atom. The van der Waals surface area contributed by atoms with E-state index in [1.54, 1.807) is 43.0 Å². The van der Waals surface area contributed by atoms with Crippen LogP contribution in [0.25, 0.3) is 0 Å². The predicted molar refractivity (Wildman–Crippen MR) is 248 cm³/mol. The quantitative estimate of drug-likeness (QED) is 0.0454. The van der Waals surface area contributed by atoms with Crippen LogP contribution in [0.1, 0.15) is 116 Å². The van der Waals surface area contributed by atoms with Gasteiger partial charge in [0.25, 0.3) is 0 Å². The maximum absolute atomic E-state index is 16.5. The van der Waals surface area contributed by atoms with E-state index in [-0.39, 0.29) is 23.3 Å². The maximum Gasteiger partial charge on any atom is 0.148 e. The summed E-state index contributed by atoms with van der Waals surface area (Å²) in [5.41, 5.74) is 5.67. The van der Waals surface area contributed by atoms with Crippen molar-refractivity contribution >= 4 is 45.5 Å². The van der Waals surface area contributed by atoms with Crippen molar-refractivity contribution in [3.8, 4) is 0 Å². The highest BCUT2D eigenvalue weighted by Gasteiger charge is 2.22. The van der Waals surface area contributed by atoms with E-state index in [4.69, 9.17) is 0 Å². The number of nitrogens with zero attached hydrogens (tertiary/aromatic N) is 4. The molecule has 0 N–H and O–H groups in total. The summed E-state index contributed by atoms with van der Waals surface area (Å²) in [6.07, 6.45) is 12.6. The first-order chi connectivity index (χ1) is 29.1. The van der Waals surface area contributed by atoms with Crippen molar-refractivity contribution in [2.45, 2.75) is 119 Å². The van der Waals surface area contributed by atoms with Gasteiger partial charge >= 0.3 is 0 Å². The molecule has 0 aliphatic rings. The monoisotopic (exact) mass is 823 g/mol. The third-order valence-corrected chi connectivity index (χ3v) is 11.4. The molecule has 0 fully saturated rings. The molecule has 0 heterocycles. The van der Waals surface area contributed by atoms with Crippen LogP contribution >= 0.6 is 0 Å². The summed E-state index contributed by atoms with van der Waals surface area (Å²) in [4.78, 5) is 8.02. The Bertz CT molecular complexity index is 1940. The first kappa shape index (κ1) is 46.1. The van der Waals surface area contributed by atoms with Gasteiger partial charge in [0, 0.05) is 72.4 Å². The van der Waals surface area contributed by atoms with Crippen LogP contribution in [0.5, 0.6) is 0 Å². The Labute approximate surface area is 357 Å². The molecule has 0 aromatic heterocycles. The molecule has 8 heteroatoms. The molecule has 0 spiro atoms. The SMILES string of the molecule is CCCCCN(CCCCC)c1ccc(N(c2ccc(N(c3ccc(C)c(F)c3)c3ccc(C)c(F)c3)cc2)c2ccc(N(CCCCC)CCCCC)c(F)c2)cc1F. The van der Waals surface area contributed by atoms with Gasteiger partial charge in [-0.1, -0.05) is 91.2 Å². The molecule has 0 aliphatic carbocycles. The molecule has 0 bridgehead atoms. The van der Waals surface area contributed by atoms with Gasteiger partial charge in [-0.05, 0) is 123 Å². The van der Waals surface area contributed by atoms with E-state index >= 15 is 17.6 Å². The molecule has 0 aliphatic heterocycles. The number of unbranched alkanes of at least 4 members (excludes halogenated alkanes) is 8. The van der Waals surface area contributed by atoms with Crippen molar-refractivity contribution in [1.29, 1.82) is 0 Å². The van der Waals surface area contributed by atoms with Gasteiger partial charge in [0.1, 0.15) is 23.3 Å². The second-order valence-corrected chi connectivity index (χ2v) is 16.1. The zero-order valence-electron chi connectivity index (χ0n) is 36.9. The molecular weight excluding hydrogens is 757 g/mol. The van der Waals surface area contributed by atoms with Crippen molar-refractivity contribution in [1.82, 2.24) is 0 Å². The average Bonchev–Trinajstić information content (AvgIpc) is 3.24. The van der Waals surface area contributed by atoms with E-state index in [0.29, 0.717) is 56.6 Å². The summed E-state index contributed by atoms with van der Waals surface area (Å²) in [7, 11) is 0. The van der Waals surface area contributed by atoms with Gasteiger partial charge in [-0.3, -0.25) is 0 Å². The predicted octanol–water partition coefficient (Wildman–Crippen LogP) is 16.2. The lowest BCUT2D eigenvalue weighted by Crippen LogP contribution is -2.27. The summed E-state index contributed by atoms with van der Waals surface area (Å²) < 4.78 is 63.0. The molecule has 322 valence electrons. The van der Waals surface area contributed by atoms with Crippen molar-refractivity contribution in [3.05, 3.63) is 131 Å². The number of aryl methyl sites for hydroxylation is 2. The van der Waals surface area contributed by atoms with E-state index in [0.717, 1.165) is 103 Å². The first-order valence-corrected chi connectivity index (χ1v) is 22.4. The van der Waals surface area contributed by atoms with E-state index in [1.165, 1.54) is 12.1 Å². The smallest absolute Gasteiger partial charge is 0.148 e. The highest BCUT2D eigenvalue weighted by Crippen LogP contribution is 2.41. The summed E-state index contributed by atoms with van der Waals surface area (Å²) in [5, 5.41) is 0. The van der Waals surface area contributed by atoms with Gasteiger partial charge in [0.05, 0.1) is 11.4 Å². The molecular formula is C52H66F4N4. The molecule has 0 saturated heterocycles. The third kappa shape index (κ3) is 12.1. The highest BCUT2D eigenvalue weighted by molar-refractivity contribution is 5.82. The summed E-state index contributed by atoms with van der Waals surface area (Å²) in [6, 6.07) is 28.1. The molecule has 0 unspecified atom stereocenters. The lowest BCUT2D eigenvalue weighted by atomic mass is 10.1. The van der Waals surface area contributed by atoms with E-state index < -0.39 is 0 Å². The Kier molecular flexibility index (Phi) is 17.8. The molecule has 60 heavy (non-hydrogen) atoms. The third-order valence-electron chi connectivity index (χ3n) is 11.4. The fraction of sp³-hybridized carbons (Fsp3) is 0.423. The van der Waals surface area contributed by atoms with Crippen molar-refractivity contribution < 1.29 is 17.6 Å². The maximum atomic E-state index is 16.5. The van der Waals surface area contributed by atoms with E-state index in [1.807, 2.05) is 65.6 Å². The zero-order chi connectivity index (χ0) is 43.0. The fourth-order valence-corrected chi connectivity index (χ4v) is 7.79. The topological polar surface area (TPSA) is 13.0 Å². The summed E-state index contributed by atoms with van der Waals surface area (Å²) in [6.45, 7) is 15.2. The molecule has 5 rings (SSSR count). The number of halogens is 4. The second kappa shape index (κ2) is 23.1. The fourth-order valence-electron chi connectivity index (χ4n) is 7.79. The van der Waals surface area contributed by atoms with Gasteiger partial charge in [-0.15, -0.1) is 0 Å². The Hall–Kier alpha value is -4.98. The molecule has 0 radical (unpaired) electrons. The molecule has 0 saturated carbocycles. The van der Waals surface area contributed by atoms with Crippen molar-refractivity contribution in [3.63, 3.8) is 0 Å². The van der Waals surface area contributed by atoms with E-state index in [9.17, 15) is 0 Å². The number of hydrogen-bond acceptors (Lipinski definition) is 4. The van der Waals surface area contributed by atoms with Crippen LogP contribution in [-0.2, 0) is 0 Å². The van der Waals surface area contributed by atoms with Gasteiger partial charge < -0.3 is 19.6 Å². The van der Waals surface area contributed by atoms with Crippen LogP contribution in [0.15, 0.2) is 97.1 Å². The minimum atomic E-state index is -0.368. The number of benzene rings is 5. The van der Waals surface area contributed by atoms with Crippen LogP contribution < -0.4 is 19.6 Å². The average molecular weight is 823 g/mol. The Balaban J connectivity index is 1.60. The van der Waals surface area contributed by atoms with Crippen LogP contribution in [0.4, 0.5) is 63.1 Å². The molecule has 0 atom stereocenters. The Morgan fingerprint density at radius 1 is 0.333 bits per heavy atom. The van der Waals surface area contributed by atoms with Gasteiger partial charge in [-0.2, -0.15) is 0 Å². The van der Waals surface area contributed by atoms with E-state index in [2.05, 4.69) is 37.5 Å². The molecule has 5 aromatic carbocycles. The highest BCUT2D eigenvalue weighted by atomic mass is 19.1. The summed E-state index contributed by atoms with van der Waals surface area (Å²) >= 11 is 0. The minimum Gasteiger partial charge on any atom is -0.369 e. The van der Waals surface area contributed by atoms with Gasteiger partial charge in [-0.25, -0.2) is 17.6 Å². The van der Waals surface area contributed by atoms with Crippen LogP contribution in [0.2, 0.25) is 0 Å². The lowest BCUT2D eigenvalue weighted by Gasteiger charge is -2.31. The number of anilines is 8. The lowest BCUT2D eigenvalue weighted by molar-refractivity contribution is 0.594. The van der Waals surface area contributed by atoms with Crippen LogP contribution in [0, 0.1) is 37.1 Å². The zero-order valence-corrected chi connectivity index (χ0v) is 36.9. The Morgan fingerprint density at radius 2 is 0.600 bits per heavy atom. The number of hydrogen-bond donors (Lipinski definition) is 0.